The molecule has 2 fully saturated rings. The lowest BCUT2D eigenvalue weighted by Gasteiger charge is -2.42. The molecule has 0 amide bonds. The maximum atomic E-state index is 7.61. The number of nitrogens with two attached hydrogens (primary N) is 1. The first kappa shape index (κ1) is 14.8. The van der Waals surface area contributed by atoms with E-state index in [9.17, 15) is 0 Å². The molecule has 0 radical (unpaired) electrons. The highest BCUT2D eigenvalue weighted by molar-refractivity contribution is 5.82. The monoisotopic (exact) mass is 266 g/mol. The lowest BCUT2D eigenvalue weighted by Crippen LogP contribution is -2.55. The van der Waals surface area contributed by atoms with Gasteiger partial charge in [0.15, 0.2) is 0 Å². The largest absolute Gasteiger partial charge is 0.387 e. The van der Waals surface area contributed by atoms with Crippen molar-refractivity contribution in [1.29, 1.82) is 5.41 Å². The molecule has 0 aromatic carbocycles. The third kappa shape index (κ3) is 3.48. The summed E-state index contributed by atoms with van der Waals surface area (Å²) in [5, 5.41) is 7.61. The van der Waals surface area contributed by atoms with Gasteiger partial charge in [-0.2, -0.15) is 0 Å². The lowest BCUT2D eigenvalue weighted by atomic mass is 9.86. The Labute approximate surface area is 117 Å². The van der Waals surface area contributed by atoms with Gasteiger partial charge in [-0.3, -0.25) is 15.2 Å². The van der Waals surface area contributed by atoms with Crippen molar-refractivity contribution >= 4 is 5.84 Å². The molecule has 3 N–H and O–H groups in total. The van der Waals surface area contributed by atoms with Gasteiger partial charge in [0, 0.05) is 30.6 Å². The minimum absolute atomic E-state index is 0.140. The second-order valence-electron chi connectivity index (χ2n) is 7.04. The summed E-state index contributed by atoms with van der Waals surface area (Å²) in [6.45, 7) is 11.4. The van der Waals surface area contributed by atoms with Crippen molar-refractivity contribution in [1.82, 2.24) is 9.80 Å². The third-order valence-corrected chi connectivity index (χ3v) is 5.04. The van der Waals surface area contributed by atoms with Crippen LogP contribution >= 0.6 is 0 Å². The van der Waals surface area contributed by atoms with Gasteiger partial charge in [-0.15, -0.1) is 0 Å². The Balaban J connectivity index is 1.78. The Morgan fingerprint density at radius 2 is 2.11 bits per heavy atom. The Hall–Kier alpha value is -0.610. The molecule has 0 aliphatic carbocycles. The summed E-state index contributed by atoms with van der Waals surface area (Å²) >= 11 is 0. The fourth-order valence-electron chi connectivity index (χ4n) is 3.42. The van der Waals surface area contributed by atoms with Crippen LogP contribution in [0.1, 0.15) is 46.5 Å². The van der Waals surface area contributed by atoms with Crippen LogP contribution in [0.2, 0.25) is 0 Å². The number of fused-ring (bicyclic) bond motifs is 1. The summed E-state index contributed by atoms with van der Waals surface area (Å²) < 4.78 is 0. The number of piperazine rings is 1. The van der Waals surface area contributed by atoms with Gasteiger partial charge in [-0.25, -0.2) is 0 Å². The number of hydrogen-bond donors (Lipinski definition) is 2. The normalized spacial score (nSPS) is 29.4. The minimum Gasteiger partial charge on any atom is -0.387 e. The number of amidine groups is 1. The molecule has 4 nitrogen and oxygen atoms in total. The molecule has 2 rings (SSSR count). The molecule has 0 aromatic heterocycles. The first-order valence-electron chi connectivity index (χ1n) is 7.73. The molecule has 0 saturated carbocycles. The van der Waals surface area contributed by atoms with Crippen LogP contribution in [0, 0.1) is 10.8 Å². The van der Waals surface area contributed by atoms with E-state index in [1.54, 1.807) is 0 Å². The van der Waals surface area contributed by atoms with Crippen LogP contribution in [-0.2, 0) is 0 Å². The summed E-state index contributed by atoms with van der Waals surface area (Å²) in [5.74, 6) is 0.321. The summed E-state index contributed by atoms with van der Waals surface area (Å²) in [7, 11) is 0. The van der Waals surface area contributed by atoms with E-state index in [0.717, 1.165) is 25.4 Å². The number of nitrogens with zero attached hydrogens (tertiary/aromatic N) is 2. The predicted molar refractivity (Wildman–Crippen MR) is 80.6 cm³/mol. The standard InChI is InChI=1S/C15H30N4/c1-12-10-19-8-4-6-13(19)11-18(12)9-5-7-15(2,3)14(16)17/h12-13H,4-11H2,1-3H3,(H3,16,17). The van der Waals surface area contributed by atoms with E-state index in [2.05, 4.69) is 30.6 Å². The van der Waals surface area contributed by atoms with Gasteiger partial charge < -0.3 is 5.73 Å². The van der Waals surface area contributed by atoms with Crippen LogP contribution in [-0.4, -0.2) is 53.9 Å². The average Bonchev–Trinajstić information content (AvgIpc) is 2.75. The van der Waals surface area contributed by atoms with Crippen molar-refractivity contribution in [3.63, 3.8) is 0 Å². The van der Waals surface area contributed by atoms with E-state index in [-0.39, 0.29) is 5.41 Å². The molecule has 2 unspecified atom stereocenters. The van der Waals surface area contributed by atoms with E-state index in [4.69, 9.17) is 11.1 Å². The molecule has 19 heavy (non-hydrogen) atoms. The topological polar surface area (TPSA) is 56.4 Å². The van der Waals surface area contributed by atoms with Crippen LogP contribution in [0.25, 0.3) is 0 Å². The molecule has 110 valence electrons. The molecule has 0 spiro atoms. The van der Waals surface area contributed by atoms with Gasteiger partial charge >= 0.3 is 0 Å². The minimum atomic E-state index is -0.140. The molecular weight excluding hydrogens is 236 g/mol. The molecule has 0 bridgehead atoms. The van der Waals surface area contributed by atoms with E-state index < -0.39 is 0 Å². The zero-order chi connectivity index (χ0) is 14.0. The van der Waals surface area contributed by atoms with Crippen molar-refractivity contribution in [2.75, 3.05) is 26.2 Å². The molecular formula is C15H30N4. The first-order chi connectivity index (χ1) is 8.90. The van der Waals surface area contributed by atoms with Crippen LogP contribution in [0.5, 0.6) is 0 Å². The third-order valence-electron chi connectivity index (χ3n) is 5.04. The molecule has 2 saturated heterocycles. The zero-order valence-electron chi connectivity index (χ0n) is 12.8. The maximum absolute atomic E-state index is 7.61. The molecule has 2 aliphatic rings. The van der Waals surface area contributed by atoms with E-state index in [1.165, 1.54) is 32.5 Å². The smallest absolute Gasteiger partial charge is 0.0963 e. The fraction of sp³-hybridized carbons (Fsp3) is 0.933. The second-order valence-corrected chi connectivity index (χ2v) is 7.04. The molecule has 0 aromatic rings. The summed E-state index contributed by atoms with van der Waals surface area (Å²) in [6.07, 6.45) is 4.91. The van der Waals surface area contributed by atoms with Crippen molar-refractivity contribution in [2.45, 2.75) is 58.5 Å². The van der Waals surface area contributed by atoms with Gasteiger partial charge in [0.05, 0.1) is 5.84 Å². The van der Waals surface area contributed by atoms with E-state index in [1.807, 2.05) is 0 Å². The Morgan fingerprint density at radius 1 is 1.37 bits per heavy atom. The molecule has 2 atom stereocenters. The van der Waals surface area contributed by atoms with E-state index in [0.29, 0.717) is 11.9 Å². The Kier molecular flexibility index (Phi) is 4.51. The van der Waals surface area contributed by atoms with Crippen molar-refractivity contribution in [2.24, 2.45) is 11.1 Å². The number of rotatable bonds is 5. The molecule has 4 heteroatoms. The van der Waals surface area contributed by atoms with Gasteiger partial charge in [-0.05, 0) is 45.7 Å². The highest BCUT2D eigenvalue weighted by atomic mass is 15.3. The SMILES string of the molecule is CC1CN2CCCC2CN1CCCC(C)(C)C(=N)N. The Bertz CT molecular complexity index is 326. The van der Waals surface area contributed by atoms with Crippen LogP contribution in [0.3, 0.4) is 0 Å². The van der Waals surface area contributed by atoms with Gasteiger partial charge in [0.1, 0.15) is 0 Å². The fourth-order valence-corrected chi connectivity index (χ4v) is 3.42. The van der Waals surface area contributed by atoms with Gasteiger partial charge in [0.2, 0.25) is 0 Å². The van der Waals surface area contributed by atoms with Crippen molar-refractivity contribution in [3.8, 4) is 0 Å². The van der Waals surface area contributed by atoms with Crippen molar-refractivity contribution in [3.05, 3.63) is 0 Å². The van der Waals surface area contributed by atoms with Crippen LogP contribution < -0.4 is 5.73 Å². The van der Waals surface area contributed by atoms with Crippen LogP contribution in [0.4, 0.5) is 0 Å². The van der Waals surface area contributed by atoms with Gasteiger partial charge in [0.25, 0.3) is 0 Å². The summed E-state index contributed by atoms with van der Waals surface area (Å²) in [5.41, 5.74) is 5.51. The first-order valence-corrected chi connectivity index (χ1v) is 7.73. The highest BCUT2D eigenvalue weighted by Crippen LogP contribution is 2.26. The van der Waals surface area contributed by atoms with Crippen molar-refractivity contribution < 1.29 is 0 Å². The Morgan fingerprint density at radius 3 is 2.79 bits per heavy atom. The molecule has 2 aliphatic heterocycles. The number of nitrogens with one attached hydrogen (secondary N) is 1. The number of hydrogen-bond acceptors (Lipinski definition) is 3. The van der Waals surface area contributed by atoms with E-state index >= 15 is 0 Å². The highest BCUT2D eigenvalue weighted by Gasteiger charge is 2.34. The summed E-state index contributed by atoms with van der Waals surface area (Å²) in [6, 6.07) is 1.48. The summed E-state index contributed by atoms with van der Waals surface area (Å²) in [4.78, 5) is 5.31. The predicted octanol–water partition coefficient (Wildman–Crippen LogP) is 1.90. The van der Waals surface area contributed by atoms with Gasteiger partial charge in [-0.1, -0.05) is 13.8 Å². The quantitative estimate of drug-likeness (QED) is 0.590. The average molecular weight is 266 g/mol. The maximum Gasteiger partial charge on any atom is 0.0963 e. The second kappa shape index (κ2) is 5.80. The molecule has 2 heterocycles. The van der Waals surface area contributed by atoms with Crippen LogP contribution in [0.15, 0.2) is 0 Å². The lowest BCUT2D eigenvalue weighted by molar-refractivity contribution is 0.0572. The zero-order valence-corrected chi connectivity index (χ0v) is 12.8.